The predicted molar refractivity (Wildman–Crippen MR) is 128 cm³/mol. The van der Waals surface area contributed by atoms with Gasteiger partial charge in [0, 0.05) is 31.0 Å². The van der Waals surface area contributed by atoms with Crippen LogP contribution in [0.1, 0.15) is 29.5 Å². The van der Waals surface area contributed by atoms with Crippen LogP contribution < -0.4 is 4.74 Å². The first-order chi connectivity index (χ1) is 15.4. The van der Waals surface area contributed by atoms with Gasteiger partial charge in [-0.05, 0) is 49.6 Å². The number of benzene rings is 2. The highest BCUT2D eigenvalue weighted by Crippen LogP contribution is 2.27. The van der Waals surface area contributed by atoms with E-state index in [1.54, 1.807) is 6.33 Å². The quantitative estimate of drug-likeness (QED) is 0.474. The van der Waals surface area contributed by atoms with Crippen LogP contribution in [0.3, 0.4) is 0 Å². The summed E-state index contributed by atoms with van der Waals surface area (Å²) < 4.78 is 8.13. The first-order valence-corrected chi connectivity index (χ1v) is 12.1. The molecule has 1 aliphatic heterocycles. The molecule has 0 bridgehead atoms. The van der Waals surface area contributed by atoms with E-state index < -0.39 is 0 Å². The molecule has 2 aromatic carbocycles. The SMILES string of the molecule is Cc1ccc(-n2cnnc2SCC(=O)N2CCC(Oc3c(C)cccc3C)CC2)cc1Cl. The van der Waals surface area contributed by atoms with E-state index in [1.165, 1.54) is 11.8 Å². The maximum atomic E-state index is 12.8. The van der Waals surface area contributed by atoms with Gasteiger partial charge in [-0.25, -0.2) is 0 Å². The molecule has 1 fully saturated rings. The first kappa shape index (κ1) is 22.7. The molecule has 1 amide bonds. The van der Waals surface area contributed by atoms with Crippen molar-refractivity contribution in [1.29, 1.82) is 0 Å². The molecule has 32 heavy (non-hydrogen) atoms. The molecule has 0 aliphatic carbocycles. The number of amides is 1. The second-order valence-electron chi connectivity index (χ2n) is 8.12. The van der Waals surface area contributed by atoms with Crippen molar-refractivity contribution in [2.24, 2.45) is 0 Å². The number of rotatable bonds is 6. The Morgan fingerprint density at radius 3 is 2.53 bits per heavy atom. The number of hydrogen-bond donors (Lipinski definition) is 0. The van der Waals surface area contributed by atoms with E-state index in [9.17, 15) is 4.79 Å². The molecule has 1 aliphatic rings. The lowest BCUT2D eigenvalue weighted by atomic mass is 10.1. The maximum absolute atomic E-state index is 12.8. The second kappa shape index (κ2) is 9.96. The number of carbonyl (C=O) groups is 1. The summed E-state index contributed by atoms with van der Waals surface area (Å²) in [6.45, 7) is 7.51. The molecule has 0 unspecified atom stereocenters. The number of thioether (sulfide) groups is 1. The summed E-state index contributed by atoms with van der Waals surface area (Å²) in [5.74, 6) is 1.40. The summed E-state index contributed by atoms with van der Waals surface area (Å²) in [4.78, 5) is 14.7. The zero-order valence-electron chi connectivity index (χ0n) is 18.5. The number of likely N-dealkylation sites (tertiary alicyclic amines) is 1. The average molecular weight is 471 g/mol. The number of piperidine rings is 1. The Kier molecular flexibility index (Phi) is 7.06. The molecular weight excluding hydrogens is 444 g/mol. The Bertz CT molecular complexity index is 1090. The Hall–Kier alpha value is -2.51. The average Bonchev–Trinajstić information content (AvgIpc) is 3.26. The summed E-state index contributed by atoms with van der Waals surface area (Å²) in [6, 6.07) is 12.0. The smallest absolute Gasteiger partial charge is 0.233 e. The summed E-state index contributed by atoms with van der Waals surface area (Å²) in [5.41, 5.74) is 4.20. The second-order valence-corrected chi connectivity index (χ2v) is 9.47. The summed E-state index contributed by atoms with van der Waals surface area (Å²) in [6.07, 6.45) is 3.45. The Morgan fingerprint density at radius 1 is 1.12 bits per heavy atom. The predicted octanol–water partition coefficient (Wildman–Crippen LogP) is 5.01. The largest absolute Gasteiger partial charge is 0.490 e. The summed E-state index contributed by atoms with van der Waals surface area (Å²) >= 11 is 7.65. The normalized spacial score (nSPS) is 14.6. The molecule has 168 valence electrons. The maximum Gasteiger partial charge on any atom is 0.233 e. The number of halogens is 1. The Labute approximate surface area is 197 Å². The van der Waals surface area contributed by atoms with E-state index in [2.05, 4.69) is 36.2 Å². The van der Waals surface area contributed by atoms with Gasteiger partial charge in [0.25, 0.3) is 0 Å². The number of hydrogen-bond acceptors (Lipinski definition) is 5. The van der Waals surface area contributed by atoms with Crippen molar-refractivity contribution >= 4 is 29.3 Å². The fraction of sp³-hybridized carbons (Fsp3) is 0.375. The van der Waals surface area contributed by atoms with E-state index in [0.29, 0.717) is 29.0 Å². The van der Waals surface area contributed by atoms with Crippen molar-refractivity contribution in [2.75, 3.05) is 18.8 Å². The lowest BCUT2D eigenvalue weighted by Gasteiger charge is -2.32. The number of nitrogens with zero attached hydrogens (tertiary/aromatic N) is 4. The van der Waals surface area contributed by atoms with Gasteiger partial charge < -0.3 is 9.64 Å². The molecule has 8 heteroatoms. The molecule has 0 saturated carbocycles. The molecule has 1 aromatic heterocycles. The van der Waals surface area contributed by atoms with E-state index in [0.717, 1.165) is 41.0 Å². The zero-order valence-corrected chi connectivity index (χ0v) is 20.1. The van der Waals surface area contributed by atoms with Gasteiger partial charge in [0.05, 0.1) is 11.4 Å². The Balaban J connectivity index is 1.31. The third-order valence-electron chi connectivity index (χ3n) is 5.76. The Morgan fingerprint density at radius 2 is 1.84 bits per heavy atom. The highest BCUT2D eigenvalue weighted by molar-refractivity contribution is 7.99. The van der Waals surface area contributed by atoms with Crippen LogP contribution in [-0.2, 0) is 4.79 Å². The van der Waals surface area contributed by atoms with Gasteiger partial charge >= 0.3 is 0 Å². The van der Waals surface area contributed by atoms with E-state index >= 15 is 0 Å². The molecule has 4 rings (SSSR count). The number of para-hydroxylation sites is 1. The minimum atomic E-state index is 0.108. The van der Waals surface area contributed by atoms with Gasteiger partial charge in [0.2, 0.25) is 5.91 Å². The first-order valence-electron chi connectivity index (χ1n) is 10.7. The van der Waals surface area contributed by atoms with Gasteiger partial charge in [-0.3, -0.25) is 9.36 Å². The van der Waals surface area contributed by atoms with Crippen molar-refractivity contribution in [1.82, 2.24) is 19.7 Å². The third-order valence-corrected chi connectivity index (χ3v) is 7.10. The van der Waals surface area contributed by atoms with Crippen molar-refractivity contribution in [2.45, 2.75) is 44.9 Å². The van der Waals surface area contributed by atoms with Crippen molar-refractivity contribution in [3.05, 3.63) is 64.4 Å². The van der Waals surface area contributed by atoms with Crippen molar-refractivity contribution in [3.8, 4) is 11.4 Å². The van der Waals surface area contributed by atoms with Crippen LogP contribution in [0.5, 0.6) is 5.75 Å². The van der Waals surface area contributed by atoms with Crippen molar-refractivity contribution < 1.29 is 9.53 Å². The fourth-order valence-electron chi connectivity index (χ4n) is 3.82. The highest BCUT2D eigenvalue weighted by Gasteiger charge is 2.25. The molecule has 2 heterocycles. The molecule has 0 N–H and O–H groups in total. The van der Waals surface area contributed by atoms with E-state index in [1.807, 2.05) is 40.7 Å². The van der Waals surface area contributed by atoms with E-state index in [-0.39, 0.29) is 12.0 Å². The molecule has 0 spiro atoms. The van der Waals surface area contributed by atoms with Crippen LogP contribution in [0.25, 0.3) is 5.69 Å². The van der Waals surface area contributed by atoms with Gasteiger partial charge in [-0.1, -0.05) is 47.6 Å². The molecule has 1 saturated heterocycles. The summed E-state index contributed by atoms with van der Waals surface area (Å²) in [7, 11) is 0. The van der Waals surface area contributed by atoms with Gasteiger partial charge in [0.15, 0.2) is 5.16 Å². The van der Waals surface area contributed by atoms with E-state index in [4.69, 9.17) is 16.3 Å². The fourth-order valence-corrected chi connectivity index (χ4v) is 4.83. The van der Waals surface area contributed by atoms with Crippen molar-refractivity contribution in [3.63, 3.8) is 0 Å². The monoisotopic (exact) mass is 470 g/mol. The number of ether oxygens (including phenoxy) is 1. The van der Waals surface area contributed by atoms with Crippen LogP contribution in [-0.4, -0.2) is 50.5 Å². The van der Waals surface area contributed by atoms with Crippen LogP contribution in [0.15, 0.2) is 47.9 Å². The van der Waals surface area contributed by atoms with Crippen LogP contribution in [0.4, 0.5) is 0 Å². The third kappa shape index (κ3) is 5.10. The minimum absolute atomic E-state index is 0.108. The van der Waals surface area contributed by atoms with Gasteiger partial charge in [-0.15, -0.1) is 10.2 Å². The van der Waals surface area contributed by atoms with Crippen LogP contribution in [0.2, 0.25) is 5.02 Å². The standard InChI is InChI=1S/C24H27ClN4O2S/c1-16-7-8-19(13-21(16)25)29-15-26-27-24(29)32-14-22(30)28-11-9-20(10-12-28)31-23-17(2)5-4-6-18(23)3/h4-8,13,15,20H,9-12,14H2,1-3H3. The lowest BCUT2D eigenvalue weighted by molar-refractivity contribution is -0.130. The van der Waals surface area contributed by atoms with Gasteiger partial charge in [-0.2, -0.15) is 0 Å². The van der Waals surface area contributed by atoms with Crippen LogP contribution >= 0.6 is 23.4 Å². The molecule has 6 nitrogen and oxygen atoms in total. The van der Waals surface area contributed by atoms with Crippen LogP contribution in [0, 0.1) is 20.8 Å². The molecule has 3 aromatic rings. The highest BCUT2D eigenvalue weighted by atomic mass is 35.5. The number of aryl methyl sites for hydroxylation is 3. The van der Waals surface area contributed by atoms with Gasteiger partial charge in [0.1, 0.15) is 18.2 Å². The zero-order chi connectivity index (χ0) is 22.7. The number of aromatic nitrogens is 3. The number of carbonyl (C=O) groups excluding carboxylic acids is 1. The minimum Gasteiger partial charge on any atom is -0.490 e. The molecule has 0 radical (unpaired) electrons. The topological polar surface area (TPSA) is 60.2 Å². The molecular formula is C24H27ClN4O2S. The summed E-state index contributed by atoms with van der Waals surface area (Å²) in [5, 5.41) is 9.55. The lowest BCUT2D eigenvalue weighted by Crippen LogP contribution is -2.42. The molecule has 0 atom stereocenters.